The zero-order valence-electron chi connectivity index (χ0n) is 12.0. The lowest BCUT2D eigenvalue weighted by atomic mass is 9.95. The number of carbonyl (C=O) groups is 1. The number of rotatable bonds is 5. The molecule has 0 heterocycles. The maximum atomic E-state index is 11.9. The summed E-state index contributed by atoms with van der Waals surface area (Å²) in [5.74, 6) is 0.0794. The number of hydrogen-bond acceptors (Lipinski definition) is 2. The molecule has 2 N–H and O–H groups in total. The van der Waals surface area contributed by atoms with Crippen LogP contribution in [-0.4, -0.2) is 18.5 Å². The number of halogens is 1. The molecule has 1 fully saturated rings. The van der Waals surface area contributed by atoms with Crippen LogP contribution in [0.3, 0.4) is 0 Å². The second kappa shape index (κ2) is 7.65. The van der Waals surface area contributed by atoms with Crippen molar-refractivity contribution < 1.29 is 4.79 Å². The van der Waals surface area contributed by atoms with Gasteiger partial charge in [0.05, 0.1) is 6.54 Å². The average Bonchev–Trinajstić information content (AvgIpc) is 2.46. The van der Waals surface area contributed by atoms with Crippen molar-refractivity contribution in [3.63, 3.8) is 0 Å². The van der Waals surface area contributed by atoms with Crippen molar-refractivity contribution in [1.29, 1.82) is 0 Å². The summed E-state index contributed by atoms with van der Waals surface area (Å²) in [6.45, 7) is 2.36. The SMILES string of the molecule is C[C@H](NCC(=O)NC1CCCCC1)c1ccccc1Cl. The molecular formula is C16H23ClN2O. The monoisotopic (exact) mass is 294 g/mol. The van der Waals surface area contributed by atoms with Crippen LogP contribution in [0.4, 0.5) is 0 Å². The predicted octanol–water partition coefficient (Wildman–Crippen LogP) is 3.44. The normalized spacial score (nSPS) is 17.7. The molecule has 1 aromatic rings. The molecule has 0 bridgehead atoms. The number of hydrogen-bond donors (Lipinski definition) is 2. The smallest absolute Gasteiger partial charge is 0.234 e. The predicted molar refractivity (Wildman–Crippen MR) is 82.9 cm³/mol. The van der Waals surface area contributed by atoms with Crippen molar-refractivity contribution >= 4 is 17.5 Å². The van der Waals surface area contributed by atoms with Gasteiger partial charge in [-0.15, -0.1) is 0 Å². The molecule has 0 saturated heterocycles. The van der Waals surface area contributed by atoms with E-state index >= 15 is 0 Å². The molecule has 110 valence electrons. The quantitative estimate of drug-likeness (QED) is 0.873. The van der Waals surface area contributed by atoms with Gasteiger partial charge < -0.3 is 10.6 Å². The Morgan fingerprint density at radius 2 is 2.00 bits per heavy atom. The summed E-state index contributed by atoms with van der Waals surface area (Å²) in [6, 6.07) is 8.17. The van der Waals surface area contributed by atoms with Gasteiger partial charge in [0.25, 0.3) is 0 Å². The first-order valence-electron chi connectivity index (χ1n) is 7.44. The van der Waals surface area contributed by atoms with E-state index in [0.29, 0.717) is 12.6 Å². The molecule has 1 amide bonds. The summed E-state index contributed by atoms with van der Waals surface area (Å²) in [5, 5.41) is 7.07. The Morgan fingerprint density at radius 3 is 2.70 bits per heavy atom. The van der Waals surface area contributed by atoms with Gasteiger partial charge >= 0.3 is 0 Å². The Balaban J connectivity index is 1.76. The molecule has 0 aromatic heterocycles. The standard InChI is InChI=1S/C16H23ClN2O/c1-12(14-9-5-6-10-15(14)17)18-11-16(20)19-13-7-3-2-4-8-13/h5-6,9-10,12-13,18H,2-4,7-8,11H2,1H3,(H,19,20)/t12-/m0/s1. The third-order valence-corrected chi connectivity index (χ3v) is 4.26. The van der Waals surface area contributed by atoms with Crippen LogP contribution in [0.25, 0.3) is 0 Å². The van der Waals surface area contributed by atoms with E-state index in [-0.39, 0.29) is 11.9 Å². The Bertz CT molecular complexity index is 444. The molecule has 1 atom stereocenters. The zero-order chi connectivity index (χ0) is 14.4. The molecular weight excluding hydrogens is 272 g/mol. The maximum absolute atomic E-state index is 11.9. The van der Waals surface area contributed by atoms with Gasteiger partial charge in [0.2, 0.25) is 5.91 Å². The topological polar surface area (TPSA) is 41.1 Å². The van der Waals surface area contributed by atoms with Gasteiger partial charge in [-0.05, 0) is 31.4 Å². The number of carbonyl (C=O) groups excluding carboxylic acids is 1. The third kappa shape index (κ3) is 4.50. The minimum absolute atomic E-state index is 0.0702. The molecule has 0 aliphatic heterocycles. The van der Waals surface area contributed by atoms with Gasteiger partial charge in [0.15, 0.2) is 0 Å². The van der Waals surface area contributed by atoms with Gasteiger partial charge in [-0.3, -0.25) is 4.79 Å². The molecule has 4 heteroatoms. The largest absolute Gasteiger partial charge is 0.352 e. The fourth-order valence-corrected chi connectivity index (χ4v) is 3.01. The van der Waals surface area contributed by atoms with Crippen molar-refractivity contribution in [3.05, 3.63) is 34.9 Å². The lowest BCUT2D eigenvalue weighted by molar-refractivity contribution is -0.121. The van der Waals surface area contributed by atoms with Crippen LogP contribution in [0.2, 0.25) is 5.02 Å². The Kier molecular flexibility index (Phi) is 5.86. The fraction of sp³-hybridized carbons (Fsp3) is 0.562. The highest BCUT2D eigenvalue weighted by Gasteiger charge is 2.16. The van der Waals surface area contributed by atoms with Gasteiger partial charge in [-0.2, -0.15) is 0 Å². The van der Waals surface area contributed by atoms with E-state index in [1.54, 1.807) is 0 Å². The highest BCUT2D eigenvalue weighted by molar-refractivity contribution is 6.31. The average molecular weight is 295 g/mol. The third-order valence-electron chi connectivity index (χ3n) is 3.91. The van der Waals surface area contributed by atoms with Gasteiger partial charge in [0.1, 0.15) is 0 Å². The number of benzene rings is 1. The summed E-state index contributed by atoms with van der Waals surface area (Å²) in [4.78, 5) is 11.9. The van der Waals surface area contributed by atoms with E-state index in [2.05, 4.69) is 10.6 Å². The summed E-state index contributed by atoms with van der Waals surface area (Å²) >= 11 is 6.15. The maximum Gasteiger partial charge on any atom is 0.234 e. The second-order valence-electron chi connectivity index (χ2n) is 5.53. The molecule has 1 saturated carbocycles. The van der Waals surface area contributed by atoms with Crippen molar-refractivity contribution in [1.82, 2.24) is 10.6 Å². The minimum atomic E-state index is 0.0702. The highest BCUT2D eigenvalue weighted by Crippen LogP contribution is 2.22. The molecule has 1 aromatic carbocycles. The first-order valence-corrected chi connectivity index (χ1v) is 7.82. The van der Waals surface area contributed by atoms with Crippen LogP contribution >= 0.6 is 11.6 Å². The van der Waals surface area contributed by atoms with Crippen molar-refractivity contribution in [2.45, 2.75) is 51.1 Å². The summed E-state index contributed by atoms with van der Waals surface area (Å²) in [6.07, 6.45) is 5.99. The van der Waals surface area contributed by atoms with Crippen LogP contribution in [0.5, 0.6) is 0 Å². The van der Waals surface area contributed by atoms with E-state index in [1.807, 2.05) is 31.2 Å². The van der Waals surface area contributed by atoms with Crippen molar-refractivity contribution in [2.24, 2.45) is 0 Å². The zero-order valence-corrected chi connectivity index (χ0v) is 12.7. The van der Waals surface area contributed by atoms with Crippen molar-refractivity contribution in [2.75, 3.05) is 6.54 Å². The number of amides is 1. The van der Waals surface area contributed by atoms with E-state index in [4.69, 9.17) is 11.6 Å². The van der Waals surface area contributed by atoms with E-state index in [1.165, 1.54) is 19.3 Å². The first kappa shape index (κ1) is 15.3. The van der Waals surface area contributed by atoms with Gasteiger partial charge in [-0.1, -0.05) is 49.1 Å². The summed E-state index contributed by atoms with van der Waals surface area (Å²) < 4.78 is 0. The van der Waals surface area contributed by atoms with E-state index < -0.39 is 0 Å². The molecule has 0 spiro atoms. The molecule has 3 nitrogen and oxygen atoms in total. The first-order chi connectivity index (χ1) is 9.66. The Morgan fingerprint density at radius 1 is 1.30 bits per heavy atom. The Hall–Kier alpha value is -1.06. The van der Waals surface area contributed by atoms with E-state index in [9.17, 15) is 4.79 Å². The second-order valence-corrected chi connectivity index (χ2v) is 5.93. The minimum Gasteiger partial charge on any atom is -0.352 e. The lowest BCUT2D eigenvalue weighted by Gasteiger charge is -2.23. The van der Waals surface area contributed by atoms with Crippen LogP contribution in [-0.2, 0) is 4.79 Å². The molecule has 2 rings (SSSR count). The summed E-state index contributed by atoms with van der Waals surface area (Å²) in [5.41, 5.74) is 1.03. The summed E-state index contributed by atoms with van der Waals surface area (Å²) in [7, 11) is 0. The van der Waals surface area contributed by atoms with Gasteiger partial charge in [-0.25, -0.2) is 0 Å². The molecule has 1 aliphatic rings. The van der Waals surface area contributed by atoms with Crippen LogP contribution in [0.1, 0.15) is 50.6 Å². The molecule has 0 unspecified atom stereocenters. The van der Waals surface area contributed by atoms with Crippen LogP contribution in [0, 0.1) is 0 Å². The number of nitrogens with one attached hydrogen (secondary N) is 2. The van der Waals surface area contributed by atoms with Gasteiger partial charge in [0, 0.05) is 17.1 Å². The molecule has 1 aliphatic carbocycles. The van der Waals surface area contributed by atoms with Crippen LogP contribution < -0.4 is 10.6 Å². The van der Waals surface area contributed by atoms with Crippen LogP contribution in [0.15, 0.2) is 24.3 Å². The highest BCUT2D eigenvalue weighted by atomic mass is 35.5. The van der Waals surface area contributed by atoms with E-state index in [0.717, 1.165) is 23.4 Å². The lowest BCUT2D eigenvalue weighted by Crippen LogP contribution is -2.41. The molecule has 0 radical (unpaired) electrons. The Labute approximate surface area is 126 Å². The molecule has 20 heavy (non-hydrogen) atoms. The van der Waals surface area contributed by atoms with Crippen molar-refractivity contribution in [3.8, 4) is 0 Å². The fourth-order valence-electron chi connectivity index (χ4n) is 2.71.